The summed E-state index contributed by atoms with van der Waals surface area (Å²) < 4.78 is 24.9. The highest BCUT2D eigenvalue weighted by Gasteiger charge is 2.40. The molecule has 188 valence electrons. The highest BCUT2D eigenvalue weighted by molar-refractivity contribution is 5.83. The lowest BCUT2D eigenvalue weighted by Gasteiger charge is -2.50. The first-order valence-electron chi connectivity index (χ1n) is 11.1. The third-order valence-corrected chi connectivity index (χ3v) is 6.46. The van der Waals surface area contributed by atoms with Gasteiger partial charge < -0.3 is 35.6 Å². The van der Waals surface area contributed by atoms with Crippen LogP contribution in [0, 0.1) is 5.82 Å². The first-order valence-corrected chi connectivity index (χ1v) is 11.1. The highest BCUT2D eigenvalue weighted by atomic mass is 19.1. The molecule has 1 heterocycles. The van der Waals surface area contributed by atoms with Crippen LogP contribution in [0.2, 0.25) is 0 Å². The summed E-state index contributed by atoms with van der Waals surface area (Å²) in [5, 5.41) is 32.5. The summed E-state index contributed by atoms with van der Waals surface area (Å²) >= 11 is 0. The Labute approximate surface area is 194 Å². The molecule has 3 unspecified atom stereocenters. The standard InChI is InChI=1S/C18H23FN2O3.C4H6O6/c19-15-7-8-16(24-18(20)22)14-9-13(10-23-17(14)15)21(11-3-1-4-11)12-5-2-6-12;5-1(3(7)8)2(6)4(9)10/h7-8,11-13H,1-6,9-10H2,(H2,20,22);1-2,5-6H,(H,7,8)(H,9,10). The molecule has 2 fully saturated rings. The molecule has 0 saturated heterocycles. The summed E-state index contributed by atoms with van der Waals surface area (Å²) in [6.07, 6.45) is 2.69. The van der Waals surface area contributed by atoms with Crippen molar-refractivity contribution in [2.75, 3.05) is 6.61 Å². The van der Waals surface area contributed by atoms with E-state index in [-0.39, 0.29) is 11.8 Å². The number of primary amides is 1. The lowest BCUT2D eigenvalue weighted by atomic mass is 9.82. The molecule has 3 aliphatic rings. The van der Waals surface area contributed by atoms with Gasteiger partial charge in [-0.25, -0.2) is 18.8 Å². The second kappa shape index (κ2) is 11.0. The molecule has 0 radical (unpaired) electrons. The van der Waals surface area contributed by atoms with E-state index in [9.17, 15) is 18.8 Å². The van der Waals surface area contributed by atoms with Gasteiger partial charge >= 0.3 is 18.0 Å². The number of carbonyl (C=O) groups excluding carboxylic acids is 1. The van der Waals surface area contributed by atoms with E-state index in [4.69, 9.17) is 35.6 Å². The second-order valence-corrected chi connectivity index (χ2v) is 8.63. The number of nitrogens with two attached hydrogens (primary N) is 1. The molecule has 6 N–H and O–H groups in total. The normalized spacial score (nSPS) is 21.5. The van der Waals surface area contributed by atoms with Crippen molar-refractivity contribution in [2.45, 2.75) is 75.3 Å². The number of nitrogens with zero attached hydrogens (tertiary/aromatic N) is 1. The number of aliphatic hydroxyl groups excluding tert-OH is 2. The number of hydrogen-bond donors (Lipinski definition) is 5. The summed E-state index contributed by atoms with van der Waals surface area (Å²) in [7, 11) is 0. The van der Waals surface area contributed by atoms with Crippen molar-refractivity contribution in [3.8, 4) is 11.5 Å². The fourth-order valence-electron chi connectivity index (χ4n) is 4.33. The van der Waals surface area contributed by atoms with Crippen LogP contribution >= 0.6 is 0 Å². The van der Waals surface area contributed by atoms with E-state index < -0.39 is 36.1 Å². The molecule has 0 bridgehead atoms. The summed E-state index contributed by atoms with van der Waals surface area (Å²) in [6.45, 7) is 0.483. The van der Waals surface area contributed by atoms with Gasteiger partial charge in [0.05, 0.1) is 0 Å². The zero-order chi connectivity index (χ0) is 25.0. The molecule has 2 aliphatic carbocycles. The Morgan fingerprint density at radius 1 is 1.00 bits per heavy atom. The average molecular weight is 484 g/mol. The molecular weight excluding hydrogens is 455 g/mol. The quantitative estimate of drug-likeness (QED) is 0.373. The van der Waals surface area contributed by atoms with Gasteiger partial charge in [0, 0.05) is 23.7 Å². The smallest absolute Gasteiger partial charge is 0.409 e. The maximum Gasteiger partial charge on any atom is 0.409 e. The number of benzene rings is 1. The number of carboxylic acid groups (broad SMARTS) is 2. The zero-order valence-electron chi connectivity index (χ0n) is 18.4. The van der Waals surface area contributed by atoms with Gasteiger partial charge in [-0.3, -0.25) is 4.90 Å². The SMILES string of the molecule is NC(=O)Oc1ccc(F)c2c1CC(N(C1CCC1)C1CCC1)CO2.O=C(O)C(O)C(O)C(=O)O. The van der Waals surface area contributed by atoms with Gasteiger partial charge in [0.2, 0.25) is 0 Å². The first kappa shape index (κ1) is 25.7. The zero-order valence-corrected chi connectivity index (χ0v) is 18.4. The van der Waals surface area contributed by atoms with Crippen molar-refractivity contribution in [2.24, 2.45) is 5.73 Å². The Bertz CT molecular complexity index is 888. The largest absolute Gasteiger partial charge is 0.488 e. The number of fused-ring (bicyclic) bond motifs is 1. The van der Waals surface area contributed by atoms with Crippen molar-refractivity contribution in [1.82, 2.24) is 4.90 Å². The Balaban J connectivity index is 0.000000277. The number of aliphatic carboxylic acids is 2. The molecule has 1 aliphatic heterocycles. The number of carboxylic acids is 2. The van der Waals surface area contributed by atoms with Crippen molar-refractivity contribution in [1.29, 1.82) is 0 Å². The average Bonchev–Trinajstić information content (AvgIpc) is 2.71. The Hall–Kier alpha value is -2.96. The number of amides is 1. The van der Waals surface area contributed by atoms with Gasteiger partial charge in [0.15, 0.2) is 23.8 Å². The summed E-state index contributed by atoms with van der Waals surface area (Å²) in [5.74, 6) is -3.44. The lowest BCUT2D eigenvalue weighted by molar-refractivity contribution is -0.165. The minimum Gasteiger partial charge on any atom is -0.488 e. The number of hydrogen-bond acceptors (Lipinski definition) is 8. The molecule has 0 spiro atoms. The van der Waals surface area contributed by atoms with Crippen LogP contribution in [0.4, 0.5) is 9.18 Å². The number of ether oxygens (including phenoxy) is 2. The van der Waals surface area contributed by atoms with Crippen molar-refractivity contribution in [3.63, 3.8) is 0 Å². The minimum absolute atomic E-state index is 0.199. The van der Waals surface area contributed by atoms with E-state index >= 15 is 0 Å². The monoisotopic (exact) mass is 484 g/mol. The van der Waals surface area contributed by atoms with Gasteiger partial charge in [-0.05, 0) is 44.2 Å². The molecule has 1 aromatic rings. The molecule has 1 aromatic carbocycles. The predicted octanol–water partition coefficient (Wildman–Crippen LogP) is 0.871. The molecule has 34 heavy (non-hydrogen) atoms. The van der Waals surface area contributed by atoms with E-state index in [1.165, 1.54) is 50.7 Å². The van der Waals surface area contributed by atoms with Crippen LogP contribution in [0.5, 0.6) is 11.5 Å². The summed E-state index contributed by atoms with van der Waals surface area (Å²) in [6, 6.07) is 4.14. The fourth-order valence-corrected chi connectivity index (χ4v) is 4.33. The van der Waals surface area contributed by atoms with Gasteiger partial charge in [-0.2, -0.15) is 0 Å². The fraction of sp³-hybridized carbons (Fsp3) is 0.591. The van der Waals surface area contributed by atoms with E-state index in [1.54, 1.807) is 0 Å². The molecular formula is C22H29FN2O9. The summed E-state index contributed by atoms with van der Waals surface area (Å²) in [5.41, 5.74) is 5.76. The second-order valence-electron chi connectivity index (χ2n) is 8.63. The van der Waals surface area contributed by atoms with E-state index in [1.807, 2.05) is 0 Å². The van der Waals surface area contributed by atoms with Crippen LogP contribution < -0.4 is 15.2 Å². The molecule has 12 heteroatoms. The Morgan fingerprint density at radius 2 is 1.53 bits per heavy atom. The number of aliphatic hydroxyl groups is 2. The van der Waals surface area contributed by atoms with Crippen LogP contribution in [0.1, 0.15) is 44.1 Å². The van der Waals surface area contributed by atoms with E-state index in [0.717, 1.165) is 0 Å². The molecule has 2 saturated carbocycles. The van der Waals surface area contributed by atoms with Gasteiger partial charge in [-0.15, -0.1) is 0 Å². The van der Waals surface area contributed by atoms with Gasteiger partial charge in [-0.1, -0.05) is 12.8 Å². The lowest BCUT2D eigenvalue weighted by Crippen LogP contribution is -2.57. The maximum absolute atomic E-state index is 14.1. The van der Waals surface area contributed by atoms with E-state index in [0.29, 0.717) is 36.4 Å². The topological polar surface area (TPSA) is 180 Å². The molecule has 0 aromatic heterocycles. The van der Waals surface area contributed by atoms with Crippen molar-refractivity contribution >= 4 is 18.0 Å². The minimum atomic E-state index is -2.27. The number of halogens is 1. The number of rotatable bonds is 7. The van der Waals surface area contributed by atoms with Crippen molar-refractivity contribution < 1.29 is 48.7 Å². The molecule has 1 amide bonds. The van der Waals surface area contributed by atoms with E-state index in [2.05, 4.69) is 4.90 Å². The Kier molecular flexibility index (Phi) is 8.28. The van der Waals surface area contributed by atoms with Gasteiger partial charge in [0.1, 0.15) is 12.4 Å². The summed E-state index contributed by atoms with van der Waals surface area (Å²) in [4.78, 5) is 33.3. The third kappa shape index (κ3) is 5.75. The van der Waals surface area contributed by atoms with Gasteiger partial charge in [0.25, 0.3) is 0 Å². The van der Waals surface area contributed by atoms with Crippen LogP contribution in [0.25, 0.3) is 0 Å². The number of carbonyl (C=O) groups is 3. The van der Waals surface area contributed by atoms with Crippen LogP contribution in [0.3, 0.4) is 0 Å². The predicted molar refractivity (Wildman–Crippen MR) is 114 cm³/mol. The van der Waals surface area contributed by atoms with Crippen LogP contribution in [-0.4, -0.2) is 80.3 Å². The first-order chi connectivity index (χ1) is 16.1. The van der Waals surface area contributed by atoms with Crippen LogP contribution in [0.15, 0.2) is 12.1 Å². The molecule has 4 rings (SSSR count). The maximum atomic E-state index is 14.1. The molecule has 11 nitrogen and oxygen atoms in total. The van der Waals surface area contributed by atoms with Crippen LogP contribution in [-0.2, 0) is 16.0 Å². The molecule has 3 atom stereocenters. The third-order valence-electron chi connectivity index (χ3n) is 6.46. The van der Waals surface area contributed by atoms with Crippen molar-refractivity contribution in [3.05, 3.63) is 23.5 Å². The Morgan fingerprint density at radius 3 is 1.94 bits per heavy atom. The highest BCUT2D eigenvalue weighted by Crippen LogP contribution is 2.41.